The first-order chi connectivity index (χ1) is 4.93. The summed E-state index contributed by atoms with van der Waals surface area (Å²) in [6, 6.07) is 0. The van der Waals surface area contributed by atoms with Crippen molar-refractivity contribution in [2.45, 2.75) is 26.2 Å². The fourth-order valence-electron chi connectivity index (χ4n) is 1.37. The molecule has 0 saturated carbocycles. The molecule has 10 heavy (non-hydrogen) atoms. The maximum absolute atomic E-state index is 3.36. The van der Waals surface area contributed by atoms with Crippen LogP contribution >= 0.6 is 0 Å². The number of hydrogen-bond donors (Lipinski definition) is 1. The van der Waals surface area contributed by atoms with E-state index in [4.69, 9.17) is 0 Å². The molecule has 0 spiro atoms. The summed E-state index contributed by atoms with van der Waals surface area (Å²) < 4.78 is 0. The van der Waals surface area contributed by atoms with E-state index in [2.05, 4.69) is 24.4 Å². The van der Waals surface area contributed by atoms with E-state index in [0.29, 0.717) is 0 Å². The van der Waals surface area contributed by atoms with E-state index in [1.54, 1.807) is 0 Å². The Morgan fingerprint density at radius 3 is 2.70 bits per heavy atom. The van der Waals surface area contributed by atoms with Gasteiger partial charge in [-0.05, 0) is 38.3 Å². The van der Waals surface area contributed by atoms with Gasteiger partial charge in [0.1, 0.15) is 0 Å². The third kappa shape index (κ3) is 2.53. The van der Waals surface area contributed by atoms with Gasteiger partial charge in [-0.2, -0.15) is 0 Å². The normalized spacial score (nSPS) is 22.1. The number of hydrogen-bond acceptors (Lipinski definition) is 1. The topological polar surface area (TPSA) is 12.0 Å². The molecule has 1 rings (SSSR count). The Kier molecular flexibility index (Phi) is 3.52. The summed E-state index contributed by atoms with van der Waals surface area (Å²) in [5, 5.41) is 3.36. The van der Waals surface area contributed by atoms with Gasteiger partial charge in [-0.25, -0.2) is 0 Å². The standard InChI is InChI=1S/C9H17N/c1-2-3-4-9-5-7-10-8-6-9/h3-4,9-10H,2,5-8H2,1H3/b4-3+. The fourth-order valence-corrected chi connectivity index (χ4v) is 1.37. The summed E-state index contributed by atoms with van der Waals surface area (Å²) in [5.41, 5.74) is 0. The highest BCUT2D eigenvalue weighted by atomic mass is 14.9. The summed E-state index contributed by atoms with van der Waals surface area (Å²) in [6.45, 7) is 4.61. The SMILES string of the molecule is CC/C=C/C1CCNCC1. The first-order valence-electron chi connectivity index (χ1n) is 4.31. The average molecular weight is 139 g/mol. The van der Waals surface area contributed by atoms with Gasteiger partial charge >= 0.3 is 0 Å². The maximum atomic E-state index is 3.36. The Labute approximate surface area is 63.5 Å². The number of rotatable bonds is 2. The molecule has 0 unspecified atom stereocenters. The van der Waals surface area contributed by atoms with Crippen molar-refractivity contribution < 1.29 is 0 Å². The number of nitrogens with one attached hydrogen (secondary N) is 1. The van der Waals surface area contributed by atoms with E-state index >= 15 is 0 Å². The molecule has 0 aromatic heterocycles. The van der Waals surface area contributed by atoms with Gasteiger partial charge in [0.2, 0.25) is 0 Å². The first kappa shape index (κ1) is 7.80. The summed E-state index contributed by atoms with van der Waals surface area (Å²) in [4.78, 5) is 0. The second-order valence-corrected chi connectivity index (χ2v) is 2.92. The minimum Gasteiger partial charge on any atom is -0.317 e. The molecule has 1 heterocycles. The third-order valence-electron chi connectivity index (χ3n) is 2.03. The third-order valence-corrected chi connectivity index (χ3v) is 2.03. The Bertz CT molecular complexity index is 101. The summed E-state index contributed by atoms with van der Waals surface area (Å²) in [6.07, 6.45) is 8.51. The van der Waals surface area contributed by atoms with Crippen molar-refractivity contribution in [2.75, 3.05) is 13.1 Å². The molecule has 1 saturated heterocycles. The van der Waals surface area contributed by atoms with Gasteiger partial charge in [-0.1, -0.05) is 19.1 Å². The molecule has 1 aliphatic heterocycles. The molecule has 0 radical (unpaired) electrons. The van der Waals surface area contributed by atoms with E-state index in [1.807, 2.05) is 0 Å². The fraction of sp³-hybridized carbons (Fsp3) is 0.778. The molecule has 0 amide bonds. The van der Waals surface area contributed by atoms with E-state index in [1.165, 1.54) is 32.4 Å². The average Bonchev–Trinajstić information content (AvgIpc) is 2.03. The molecule has 1 fully saturated rings. The lowest BCUT2D eigenvalue weighted by atomic mass is 9.98. The predicted molar refractivity (Wildman–Crippen MR) is 45.0 cm³/mol. The van der Waals surface area contributed by atoms with Crippen LogP contribution in [0.5, 0.6) is 0 Å². The van der Waals surface area contributed by atoms with E-state index in [9.17, 15) is 0 Å². The van der Waals surface area contributed by atoms with Crippen LogP contribution in [0, 0.1) is 5.92 Å². The van der Waals surface area contributed by atoms with Crippen LogP contribution in [-0.2, 0) is 0 Å². The van der Waals surface area contributed by atoms with Crippen molar-refractivity contribution in [1.82, 2.24) is 5.32 Å². The highest BCUT2D eigenvalue weighted by molar-refractivity contribution is 4.89. The van der Waals surface area contributed by atoms with Crippen LogP contribution in [-0.4, -0.2) is 13.1 Å². The van der Waals surface area contributed by atoms with Crippen molar-refractivity contribution in [2.24, 2.45) is 5.92 Å². The van der Waals surface area contributed by atoms with E-state index in [-0.39, 0.29) is 0 Å². The number of piperidine rings is 1. The second-order valence-electron chi connectivity index (χ2n) is 2.92. The van der Waals surface area contributed by atoms with Gasteiger partial charge in [0.25, 0.3) is 0 Å². The second kappa shape index (κ2) is 4.51. The van der Waals surface area contributed by atoms with E-state index in [0.717, 1.165) is 5.92 Å². The van der Waals surface area contributed by atoms with Crippen LogP contribution in [0.3, 0.4) is 0 Å². The minimum atomic E-state index is 0.862. The van der Waals surface area contributed by atoms with Crippen molar-refractivity contribution in [1.29, 1.82) is 0 Å². The van der Waals surface area contributed by atoms with Crippen molar-refractivity contribution in [3.8, 4) is 0 Å². The van der Waals surface area contributed by atoms with Gasteiger partial charge in [0.15, 0.2) is 0 Å². The molecule has 58 valence electrons. The Morgan fingerprint density at radius 1 is 1.40 bits per heavy atom. The lowest BCUT2D eigenvalue weighted by Gasteiger charge is -2.18. The zero-order valence-corrected chi connectivity index (χ0v) is 6.77. The lowest BCUT2D eigenvalue weighted by Crippen LogP contribution is -2.26. The molecular formula is C9H17N. The van der Waals surface area contributed by atoms with Crippen LogP contribution in [0.2, 0.25) is 0 Å². The highest BCUT2D eigenvalue weighted by Gasteiger charge is 2.07. The van der Waals surface area contributed by atoms with Crippen molar-refractivity contribution in [3.63, 3.8) is 0 Å². The summed E-state index contributed by atoms with van der Waals surface area (Å²) in [7, 11) is 0. The van der Waals surface area contributed by atoms with Crippen molar-refractivity contribution in [3.05, 3.63) is 12.2 Å². The van der Waals surface area contributed by atoms with Crippen LogP contribution < -0.4 is 5.32 Å². The molecule has 0 bridgehead atoms. The molecule has 0 aromatic rings. The molecule has 1 heteroatoms. The molecule has 0 aromatic carbocycles. The largest absolute Gasteiger partial charge is 0.317 e. The predicted octanol–water partition coefficient (Wildman–Crippen LogP) is 1.95. The minimum absolute atomic E-state index is 0.862. The molecule has 1 aliphatic rings. The summed E-state index contributed by atoms with van der Waals surface area (Å²) in [5.74, 6) is 0.862. The maximum Gasteiger partial charge on any atom is -0.00433 e. The van der Waals surface area contributed by atoms with Crippen LogP contribution in [0.1, 0.15) is 26.2 Å². The van der Waals surface area contributed by atoms with Crippen LogP contribution in [0.15, 0.2) is 12.2 Å². The Balaban J connectivity index is 2.19. The first-order valence-corrected chi connectivity index (χ1v) is 4.31. The van der Waals surface area contributed by atoms with Gasteiger partial charge in [-0.3, -0.25) is 0 Å². The molecule has 0 atom stereocenters. The molecule has 1 nitrogen and oxygen atoms in total. The van der Waals surface area contributed by atoms with Gasteiger partial charge in [0.05, 0.1) is 0 Å². The quantitative estimate of drug-likeness (QED) is 0.577. The van der Waals surface area contributed by atoms with Gasteiger partial charge in [0, 0.05) is 0 Å². The van der Waals surface area contributed by atoms with Gasteiger partial charge < -0.3 is 5.32 Å². The van der Waals surface area contributed by atoms with Crippen LogP contribution in [0.25, 0.3) is 0 Å². The van der Waals surface area contributed by atoms with Gasteiger partial charge in [-0.15, -0.1) is 0 Å². The Hall–Kier alpha value is -0.300. The molecule has 1 N–H and O–H groups in total. The smallest absolute Gasteiger partial charge is 0.00433 e. The number of allylic oxidation sites excluding steroid dienone is 2. The zero-order valence-electron chi connectivity index (χ0n) is 6.77. The van der Waals surface area contributed by atoms with Crippen LogP contribution in [0.4, 0.5) is 0 Å². The highest BCUT2D eigenvalue weighted by Crippen LogP contribution is 2.12. The molecular weight excluding hydrogens is 122 g/mol. The molecule has 0 aliphatic carbocycles. The lowest BCUT2D eigenvalue weighted by molar-refractivity contribution is 0.436. The Morgan fingerprint density at radius 2 is 2.10 bits per heavy atom. The zero-order chi connectivity index (χ0) is 7.23. The summed E-state index contributed by atoms with van der Waals surface area (Å²) >= 11 is 0. The van der Waals surface area contributed by atoms with Crippen molar-refractivity contribution >= 4 is 0 Å². The van der Waals surface area contributed by atoms with E-state index < -0.39 is 0 Å². The monoisotopic (exact) mass is 139 g/mol.